The number of nitrogens with zero attached hydrogens (tertiary/aromatic N) is 3. The predicted octanol–water partition coefficient (Wildman–Crippen LogP) is 3.36. The predicted molar refractivity (Wildman–Crippen MR) is 88.1 cm³/mol. The van der Waals surface area contributed by atoms with Crippen molar-refractivity contribution in [2.45, 2.75) is 13.5 Å². The molecule has 2 heterocycles. The second-order valence-corrected chi connectivity index (χ2v) is 5.86. The summed E-state index contributed by atoms with van der Waals surface area (Å²) in [4.78, 5) is 16.2. The Bertz CT molecular complexity index is 806. The first-order valence-corrected chi connectivity index (χ1v) is 7.78. The summed E-state index contributed by atoms with van der Waals surface area (Å²) in [5.41, 5.74) is 3.50. The van der Waals surface area contributed by atoms with Crippen LogP contribution in [-0.2, 0) is 13.6 Å². The van der Waals surface area contributed by atoms with Gasteiger partial charge in [0.1, 0.15) is 5.01 Å². The van der Waals surface area contributed by atoms with Crippen molar-refractivity contribution in [2.24, 2.45) is 7.05 Å². The lowest BCUT2D eigenvalue weighted by Crippen LogP contribution is -2.04. The molecule has 6 heteroatoms. The fourth-order valence-corrected chi connectivity index (χ4v) is 2.98. The number of carbonyl (C=O) groups excluding carboxylic acids is 1. The molecule has 0 unspecified atom stereocenters. The second kappa shape index (κ2) is 6.11. The summed E-state index contributed by atoms with van der Waals surface area (Å²) >= 11 is 1.59. The van der Waals surface area contributed by atoms with Gasteiger partial charge in [-0.2, -0.15) is 5.10 Å². The first-order chi connectivity index (χ1) is 10.6. The SMILES string of the molecule is CC(=O)c1ccccc1NCc1csc(-c2cnn(C)c2)n1. The molecule has 0 saturated heterocycles. The van der Waals surface area contributed by atoms with Crippen LogP contribution in [0.1, 0.15) is 23.0 Å². The molecule has 1 N–H and O–H groups in total. The third kappa shape index (κ3) is 3.07. The second-order valence-electron chi connectivity index (χ2n) is 5.00. The van der Waals surface area contributed by atoms with Crippen LogP contribution in [0.15, 0.2) is 42.0 Å². The van der Waals surface area contributed by atoms with Gasteiger partial charge in [0.2, 0.25) is 0 Å². The smallest absolute Gasteiger partial charge is 0.161 e. The third-order valence-corrected chi connectivity index (χ3v) is 4.21. The number of ketones is 1. The van der Waals surface area contributed by atoms with E-state index in [0.717, 1.165) is 22.0 Å². The number of Topliss-reactive ketones (excluding diaryl/α,β-unsaturated/α-hetero) is 1. The number of aryl methyl sites for hydroxylation is 1. The average Bonchev–Trinajstić information content (AvgIpc) is 3.14. The lowest BCUT2D eigenvalue weighted by atomic mass is 10.1. The molecule has 0 aliphatic carbocycles. The Balaban J connectivity index is 1.73. The minimum atomic E-state index is 0.0532. The van der Waals surface area contributed by atoms with E-state index in [1.807, 2.05) is 42.9 Å². The normalized spacial score (nSPS) is 10.6. The number of anilines is 1. The molecule has 2 aromatic heterocycles. The molecule has 1 aromatic carbocycles. The zero-order valence-corrected chi connectivity index (χ0v) is 13.2. The Hall–Kier alpha value is -2.47. The van der Waals surface area contributed by atoms with E-state index >= 15 is 0 Å². The molecule has 0 aliphatic heterocycles. The molecule has 0 aliphatic rings. The van der Waals surface area contributed by atoms with E-state index in [1.54, 1.807) is 29.1 Å². The molecule has 0 amide bonds. The standard InChI is InChI=1S/C16H16N4OS/c1-11(21)14-5-3-4-6-15(14)17-8-13-10-22-16(19-13)12-7-18-20(2)9-12/h3-7,9-10,17H,8H2,1-2H3. The fourth-order valence-electron chi connectivity index (χ4n) is 2.18. The van der Waals surface area contributed by atoms with E-state index in [9.17, 15) is 4.79 Å². The van der Waals surface area contributed by atoms with Crippen molar-refractivity contribution in [3.63, 3.8) is 0 Å². The number of hydrogen-bond donors (Lipinski definition) is 1. The number of thiazole rings is 1. The summed E-state index contributed by atoms with van der Waals surface area (Å²) in [6.07, 6.45) is 3.75. The average molecular weight is 312 g/mol. The molecular formula is C16H16N4OS. The number of carbonyl (C=O) groups is 1. The van der Waals surface area contributed by atoms with Crippen LogP contribution in [0.3, 0.4) is 0 Å². The first-order valence-electron chi connectivity index (χ1n) is 6.91. The van der Waals surface area contributed by atoms with Crippen LogP contribution in [0, 0.1) is 0 Å². The fraction of sp³-hybridized carbons (Fsp3) is 0.188. The Morgan fingerprint density at radius 1 is 1.36 bits per heavy atom. The largest absolute Gasteiger partial charge is 0.379 e. The zero-order chi connectivity index (χ0) is 15.5. The van der Waals surface area contributed by atoms with Crippen LogP contribution in [0.2, 0.25) is 0 Å². The van der Waals surface area contributed by atoms with E-state index in [-0.39, 0.29) is 5.78 Å². The maximum atomic E-state index is 11.6. The van der Waals surface area contributed by atoms with Crippen molar-refractivity contribution in [3.05, 3.63) is 53.3 Å². The van der Waals surface area contributed by atoms with E-state index in [4.69, 9.17) is 0 Å². The van der Waals surface area contributed by atoms with Gasteiger partial charge in [-0.25, -0.2) is 4.98 Å². The van der Waals surface area contributed by atoms with Gasteiger partial charge in [0.25, 0.3) is 0 Å². The molecule has 22 heavy (non-hydrogen) atoms. The number of hydrogen-bond acceptors (Lipinski definition) is 5. The van der Waals surface area contributed by atoms with Crippen molar-refractivity contribution in [1.29, 1.82) is 0 Å². The topological polar surface area (TPSA) is 59.8 Å². The number of para-hydroxylation sites is 1. The van der Waals surface area contributed by atoms with E-state index in [1.165, 1.54) is 0 Å². The monoisotopic (exact) mass is 312 g/mol. The Morgan fingerprint density at radius 3 is 2.91 bits per heavy atom. The van der Waals surface area contributed by atoms with Crippen molar-refractivity contribution in [2.75, 3.05) is 5.32 Å². The summed E-state index contributed by atoms with van der Waals surface area (Å²) in [6, 6.07) is 7.51. The highest BCUT2D eigenvalue weighted by Gasteiger charge is 2.09. The highest BCUT2D eigenvalue weighted by molar-refractivity contribution is 7.13. The Kier molecular flexibility index (Phi) is 4.02. The highest BCUT2D eigenvalue weighted by Crippen LogP contribution is 2.24. The molecule has 5 nitrogen and oxygen atoms in total. The zero-order valence-electron chi connectivity index (χ0n) is 12.4. The highest BCUT2D eigenvalue weighted by atomic mass is 32.1. The molecule has 0 spiro atoms. The minimum absolute atomic E-state index is 0.0532. The van der Waals surface area contributed by atoms with Gasteiger partial charge >= 0.3 is 0 Å². The summed E-state index contributed by atoms with van der Waals surface area (Å²) in [6.45, 7) is 2.16. The van der Waals surface area contributed by atoms with Crippen LogP contribution in [-0.4, -0.2) is 20.5 Å². The summed E-state index contributed by atoms with van der Waals surface area (Å²) in [7, 11) is 1.89. The lowest BCUT2D eigenvalue weighted by Gasteiger charge is -2.08. The van der Waals surface area contributed by atoms with Gasteiger partial charge in [-0.05, 0) is 19.1 Å². The molecule has 0 radical (unpaired) electrons. The molecule has 0 fully saturated rings. The molecule has 0 atom stereocenters. The number of nitrogens with one attached hydrogen (secondary N) is 1. The van der Waals surface area contributed by atoms with Gasteiger partial charge in [0, 0.05) is 35.4 Å². The summed E-state index contributed by atoms with van der Waals surface area (Å²) in [5.74, 6) is 0.0532. The maximum Gasteiger partial charge on any atom is 0.161 e. The molecule has 3 rings (SSSR count). The quantitative estimate of drug-likeness (QED) is 0.734. The molecule has 112 valence electrons. The third-order valence-electron chi connectivity index (χ3n) is 3.27. The van der Waals surface area contributed by atoms with Crippen LogP contribution in [0.5, 0.6) is 0 Å². The summed E-state index contributed by atoms with van der Waals surface area (Å²) in [5, 5.41) is 10.4. The van der Waals surface area contributed by atoms with Crippen molar-refractivity contribution in [3.8, 4) is 10.6 Å². The van der Waals surface area contributed by atoms with E-state index < -0.39 is 0 Å². The Morgan fingerprint density at radius 2 is 2.18 bits per heavy atom. The maximum absolute atomic E-state index is 11.6. The van der Waals surface area contributed by atoms with E-state index in [0.29, 0.717) is 12.1 Å². The number of aromatic nitrogens is 3. The molecule has 0 saturated carbocycles. The molecule has 3 aromatic rings. The first kappa shape index (κ1) is 14.5. The molecular weight excluding hydrogens is 296 g/mol. The van der Waals surface area contributed by atoms with Crippen molar-refractivity contribution >= 4 is 22.8 Å². The van der Waals surface area contributed by atoms with Gasteiger partial charge in [-0.1, -0.05) is 12.1 Å². The van der Waals surface area contributed by atoms with Gasteiger partial charge in [-0.15, -0.1) is 11.3 Å². The van der Waals surface area contributed by atoms with Crippen molar-refractivity contribution in [1.82, 2.24) is 14.8 Å². The van der Waals surface area contributed by atoms with Gasteiger partial charge in [-0.3, -0.25) is 9.48 Å². The summed E-state index contributed by atoms with van der Waals surface area (Å²) < 4.78 is 1.76. The van der Waals surface area contributed by atoms with Gasteiger partial charge < -0.3 is 5.32 Å². The van der Waals surface area contributed by atoms with Gasteiger partial charge in [0.15, 0.2) is 5.78 Å². The van der Waals surface area contributed by atoms with Crippen molar-refractivity contribution < 1.29 is 4.79 Å². The van der Waals surface area contributed by atoms with E-state index in [2.05, 4.69) is 15.4 Å². The van der Waals surface area contributed by atoms with Crippen LogP contribution in [0.4, 0.5) is 5.69 Å². The lowest BCUT2D eigenvalue weighted by molar-refractivity contribution is 0.101. The molecule has 0 bridgehead atoms. The Labute approximate surface area is 132 Å². The number of rotatable bonds is 5. The van der Waals surface area contributed by atoms with Crippen LogP contribution < -0.4 is 5.32 Å². The van der Waals surface area contributed by atoms with Crippen LogP contribution in [0.25, 0.3) is 10.6 Å². The number of benzene rings is 1. The van der Waals surface area contributed by atoms with Gasteiger partial charge in [0.05, 0.1) is 18.4 Å². The van der Waals surface area contributed by atoms with Crippen LogP contribution >= 0.6 is 11.3 Å². The minimum Gasteiger partial charge on any atom is -0.379 e.